The summed E-state index contributed by atoms with van der Waals surface area (Å²) in [6.45, 7) is 3.86. The maximum atomic E-state index is 10.7. The summed E-state index contributed by atoms with van der Waals surface area (Å²) in [5, 5.41) is 26.8. The molecule has 1 unspecified atom stereocenters. The Morgan fingerprint density at radius 1 is 1.69 bits per heavy atom. The van der Waals surface area contributed by atoms with Crippen LogP contribution >= 0.6 is 0 Å². The van der Waals surface area contributed by atoms with Crippen molar-refractivity contribution in [1.82, 2.24) is 0 Å². The Kier molecular flexibility index (Phi) is 4.61. The molecule has 0 radical (unpaired) electrons. The molecule has 76 valence electrons. The largest absolute Gasteiger partial charge is 0.453 e. The van der Waals surface area contributed by atoms with Crippen molar-refractivity contribution >= 4 is 5.97 Å². The standard InChI is InChI=1S/C8H14O5/c1-3-6(8(11,12)5-9)13-7(10)4-2/h4,6,9,11-12H,2-3,5H2,1H3. The zero-order valence-electron chi connectivity index (χ0n) is 7.43. The number of carbonyl (C=O) groups is 1. The highest BCUT2D eigenvalue weighted by molar-refractivity contribution is 5.81. The molecule has 0 aromatic rings. The molecule has 5 heteroatoms. The Labute approximate surface area is 76.3 Å². The molecule has 0 aromatic carbocycles. The second-order valence-corrected chi connectivity index (χ2v) is 2.57. The first-order chi connectivity index (χ1) is 5.97. The van der Waals surface area contributed by atoms with Crippen LogP contribution < -0.4 is 0 Å². The van der Waals surface area contributed by atoms with Crippen molar-refractivity contribution in [1.29, 1.82) is 0 Å². The van der Waals surface area contributed by atoms with E-state index in [4.69, 9.17) is 15.3 Å². The zero-order chi connectivity index (χ0) is 10.5. The van der Waals surface area contributed by atoms with Gasteiger partial charge in [0.2, 0.25) is 5.79 Å². The summed E-state index contributed by atoms with van der Waals surface area (Å²) in [5.74, 6) is -3.15. The van der Waals surface area contributed by atoms with E-state index in [2.05, 4.69) is 11.3 Å². The van der Waals surface area contributed by atoms with Gasteiger partial charge in [-0.1, -0.05) is 13.5 Å². The number of aliphatic hydroxyl groups excluding tert-OH is 1. The maximum absolute atomic E-state index is 10.7. The first-order valence-corrected chi connectivity index (χ1v) is 3.86. The summed E-state index contributed by atoms with van der Waals surface area (Å²) in [6, 6.07) is 0. The van der Waals surface area contributed by atoms with Gasteiger partial charge < -0.3 is 20.1 Å². The molecule has 0 saturated heterocycles. The van der Waals surface area contributed by atoms with E-state index in [1.54, 1.807) is 6.92 Å². The first kappa shape index (κ1) is 12.1. The van der Waals surface area contributed by atoms with Crippen molar-refractivity contribution in [3.8, 4) is 0 Å². The maximum Gasteiger partial charge on any atom is 0.330 e. The van der Waals surface area contributed by atoms with Crippen molar-refractivity contribution in [2.45, 2.75) is 25.2 Å². The van der Waals surface area contributed by atoms with Gasteiger partial charge in [-0.2, -0.15) is 0 Å². The molecule has 0 aliphatic carbocycles. The van der Waals surface area contributed by atoms with Gasteiger partial charge in [0.05, 0.1) is 0 Å². The lowest BCUT2D eigenvalue weighted by Crippen LogP contribution is -2.47. The number of ether oxygens (including phenoxy) is 1. The second-order valence-electron chi connectivity index (χ2n) is 2.57. The van der Waals surface area contributed by atoms with Crippen LogP contribution in [0.15, 0.2) is 12.7 Å². The smallest absolute Gasteiger partial charge is 0.330 e. The summed E-state index contributed by atoms with van der Waals surface area (Å²) < 4.78 is 4.59. The van der Waals surface area contributed by atoms with E-state index in [1.807, 2.05) is 0 Å². The molecule has 0 aromatic heterocycles. The van der Waals surface area contributed by atoms with Gasteiger partial charge in [-0.3, -0.25) is 0 Å². The summed E-state index contributed by atoms with van der Waals surface area (Å²) in [7, 11) is 0. The van der Waals surface area contributed by atoms with Gasteiger partial charge >= 0.3 is 5.97 Å². The normalized spacial score (nSPS) is 13.5. The van der Waals surface area contributed by atoms with Gasteiger partial charge in [-0.25, -0.2) is 4.79 Å². The third-order valence-electron chi connectivity index (χ3n) is 1.54. The Hall–Kier alpha value is -0.910. The second kappa shape index (κ2) is 4.96. The van der Waals surface area contributed by atoms with Crippen LogP contribution in [0.1, 0.15) is 13.3 Å². The third-order valence-corrected chi connectivity index (χ3v) is 1.54. The average molecular weight is 190 g/mol. The number of rotatable bonds is 5. The Balaban J connectivity index is 4.33. The van der Waals surface area contributed by atoms with Crippen molar-refractivity contribution in [3.05, 3.63) is 12.7 Å². The highest BCUT2D eigenvalue weighted by Gasteiger charge is 2.35. The van der Waals surface area contributed by atoms with Crippen LogP contribution in [0.2, 0.25) is 0 Å². The van der Waals surface area contributed by atoms with Crippen molar-refractivity contribution in [3.63, 3.8) is 0 Å². The Morgan fingerprint density at radius 3 is 2.54 bits per heavy atom. The van der Waals surface area contributed by atoms with Crippen molar-refractivity contribution in [2.75, 3.05) is 6.61 Å². The molecule has 0 bridgehead atoms. The van der Waals surface area contributed by atoms with Gasteiger partial charge in [0.1, 0.15) is 6.61 Å². The van der Waals surface area contributed by atoms with E-state index in [0.29, 0.717) is 0 Å². The van der Waals surface area contributed by atoms with E-state index in [0.717, 1.165) is 6.08 Å². The van der Waals surface area contributed by atoms with Crippen LogP contribution in [0.5, 0.6) is 0 Å². The molecule has 0 rings (SSSR count). The van der Waals surface area contributed by atoms with Gasteiger partial charge in [-0.15, -0.1) is 0 Å². The third kappa shape index (κ3) is 3.54. The SMILES string of the molecule is C=CC(=O)OC(CC)C(O)(O)CO. The lowest BCUT2D eigenvalue weighted by atomic mass is 10.1. The van der Waals surface area contributed by atoms with Gasteiger partial charge in [0.25, 0.3) is 0 Å². The minimum absolute atomic E-state index is 0.188. The fraction of sp³-hybridized carbons (Fsp3) is 0.625. The number of aliphatic hydroxyl groups is 3. The first-order valence-electron chi connectivity index (χ1n) is 3.86. The predicted octanol–water partition coefficient (Wildman–Crippen LogP) is -0.833. The molecular formula is C8H14O5. The van der Waals surface area contributed by atoms with Crippen LogP contribution in [-0.4, -0.2) is 39.8 Å². The van der Waals surface area contributed by atoms with Crippen LogP contribution in [0.25, 0.3) is 0 Å². The molecule has 0 heterocycles. The van der Waals surface area contributed by atoms with Gasteiger partial charge in [0.15, 0.2) is 6.10 Å². The molecule has 0 amide bonds. The van der Waals surface area contributed by atoms with Crippen LogP contribution in [-0.2, 0) is 9.53 Å². The monoisotopic (exact) mass is 190 g/mol. The molecule has 0 aliphatic rings. The number of hydrogen-bond acceptors (Lipinski definition) is 5. The lowest BCUT2D eigenvalue weighted by molar-refractivity contribution is -0.250. The molecule has 3 N–H and O–H groups in total. The molecule has 0 spiro atoms. The molecule has 13 heavy (non-hydrogen) atoms. The van der Waals surface area contributed by atoms with E-state index in [1.165, 1.54) is 0 Å². The molecule has 0 aliphatic heterocycles. The topological polar surface area (TPSA) is 87.0 Å². The molecule has 5 nitrogen and oxygen atoms in total. The minimum atomic E-state index is -2.40. The van der Waals surface area contributed by atoms with Crippen molar-refractivity contribution in [2.24, 2.45) is 0 Å². The minimum Gasteiger partial charge on any atom is -0.453 e. The van der Waals surface area contributed by atoms with Crippen LogP contribution in [0.4, 0.5) is 0 Å². The average Bonchev–Trinajstić information content (AvgIpc) is 2.13. The molecular weight excluding hydrogens is 176 g/mol. The Morgan fingerprint density at radius 2 is 2.23 bits per heavy atom. The lowest BCUT2D eigenvalue weighted by Gasteiger charge is -2.27. The van der Waals surface area contributed by atoms with Crippen LogP contribution in [0, 0.1) is 0 Å². The summed E-state index contributed by atoms with van der Waals surface area (Å²) >= 11 is 0. The molecule has 1 atom stereocenters. The zero-order valence-corrected chi connectivity index (χ0v) is 7.43. The van der Waals surface area contributed by atoms with Crippen molar-refractivity contribution < 1.29 is 24.9 Å². The van der Waals surface area contributed by atoms with Crippen LogP contribution in [0.3, 0.4) is 0 Å². The molecule has 0 saturated carbocycles. The predicted molar refractivity (Wildman–Crippen MR) is 44.6 cm³/mol. The van der Waals surface area contributed by atoms with E-state index in [9.17, 15) is 4.79 Å². The Bertz CT molecular complexity index is 187. The highest BCUT2D eigenvalue weighted by Crippen LogP contribution is 2.13. The molecule has 0 fully saturated rings. The van der Waals surface area contributed by atoms with E-state index >= 15 is 0 Å². The fourth-order valence-corrected chi connectivity index (χ4v) is 0.795. The highest BCUT2D eigenvalue weighted by atomic mass is 16.6. The van der Waals surface area contributed by atoms with E-state index < -0.39 is 24.5 Å². The number of carbonyl (C=O) groups excluding carboxylic acids is 1. The fourth-order valence-electron chi connectivity index (χ4n) is 0.795. The van der Waals surface area contributed by atoms with Gasteiger partial charge in [0, 0.05) is 6.08 Å². The number of esters is 1. The van der Waals surface area contributed by atoms with Gasteiger partial charge in [-0.05, 0) is 6.42 Å². The summed E-state index contributed by atoms with van der Waals surface area (Å²) in [6.07, 6.45) is -0.0495. The quantitative estimate of drug-likeness (QED) is 0.299. The number of hydrogen-bond donors (Lipinski definition) is 3. The summed E-state index contributed by atoms with van der Waals surface area (Å²) in [4.78, 5) is 10.7. The summed E-state index contributed by atoms with van der Waals surface area (Å²) in [5.41, 5.74) is 0. The van der Waals surface area contributed by atoms with E-state index in [-0.39, 0.29) is 6.42 Å².